The molecule has 2 saturated carbocycles. The van der Waals surface area contributed by atoms with E-state index in [0.717, 1.165) is 6.42 Å². The second-order valence-electron chi connectivity index (χ2n) is 6.79. The highest BCUT2D eigenvalue weighted by Crippen LogP contribution is 2.63. The van der Waals surface area contributed by atoms with Crippen LogP contribution in [0.2, 0.25) is 0 Å². The molecule has 0 saturated heterocycles. The Labute approximate surface area is 137 Å². The van der Waals surface area contributed by atoms with Gasteiger partial charge in [-0.05, 0) is 36.2 Å². The molecule has 0 spiro atoms. The van der Waals surface area contributed by atoms with Crippen molar-refractivity contribution >= 4 is 23.3 Å². The summed E-state index contributed by atoms with van der Waals surface area (Å²) in [5, 5.41) is 23.1. The minimum absolute atomic E-state index is 0.0557. The van der Waals surface area contributed by atoms with Crippen molar-refractivity contribution < 1.29 is 19.6 Å². The van der Waals surface area contributed by atoms with Crippen LogP contribution in [-0.4, -0.2) is 21.9 Å². The lowest BCUT2D eigenvalue weighted by Gasteiger charge is -2.41. The summed E-state index contributed by atoms with van der Waals surface area (Å²) in [5.41, 5.74) is 0.200. The Hall–Kier alpha value is -2.70. The van der Waals surface area contributed by atoms with Crippen LogP contribution in [0.1, 0.15) is 6.42 Å². The van der Waals surface area contributed by atoms with Gasteiger partial charge in [0, 0.05) is 17.8 Å². The zero-order valence-corrected chi connectivity index (χ0v) is 12.7. The Morgan fingerprint density at radius 1 is 1.17 bits per heavy atom. The molecule has 6 atom stereocenters. The second kappa shape index (κ2) is 5.15. The number of hydrogen-bond acceptors (Lipinski definition) is 4. The molecule has 7 nitrogen and oxygen atoms in total. The van der Waals surface area contributed by atoms with Crippen molar-refractivity contribution in [3.8, 4) is 0 Å². The quantitative estimate of drug-likeness (QED) is 0.501. The van der Waals surface area contributed by atoms with Gasteiger partial charge in [0.15, 0.2) is 0 Å². The fourth-order valence-corrected chi connectivity index (χ4v) is 4.49. The van der Waals surface area contributed by atoms with Gasteiger partial charge in [0.2, 0.25) is 5.91 Å². The van der Waals surface area contributed by atoms with Crippen LogP contribution >= 0.6 is 0 Å². The van der Waals surface area contributed by atoms with E-state index in [2.05, 4.69) is 5.32 Å². The first kappa shape index (κ1) is 14.9. The van der Waals surface area contributed by atoms with E-state index in [1.54, 1.807) is 6.07 Å². The third-order valence-electron chi connectivity index (χ3n) is 5.56. The zero-order valence-electron chi connectivity index (χ0n) is 12.7. The van der Waals surface area contributed by atoms with Gasteiger partial charge in [-0.15, -0.1) is 0 Å². The molecule has 0 heterocycles. The number of amides is 1. The van der Waals surface area contributed by atoms with Crippen LogP contribution in [-0.2, 0) is 9.59 Å². The molecule has 2 fully saturated rings. The molecule has 124 valence electrons. The van der Waals surface area contributed by atoms with Crippen molar-refractivity contribution in [2.75, 3.05) is 5.32 Å². The molecule has 1 aromatic rings. The molecular formula is C17H16N2O5. The van der Waals surface area contributed by atoms with Gasteiger partial charge >= 0.3 is 5.97 Å². The Morgan fingerprint density at radius 3 is 2.46 bits per heavy atom. The number of anilines is 1. The minimum atomic E-state index is -0.945. The van der Waals surface area contributed by atoms with Crippen LogP contribution in [0.4, 0.5) is 11.4 Å². The molecule has 0 aromatic heterocycles. The molecule has 24 heavy (non-hydrogen) atoms. The highest BCUT2D eigenvalue weighted by molar-refractivity contribution is 5.96. The molecule has 1 aromatic carbocycles. The van der Waals surface area contributed by atoms with Gasteiger partial charge in [0.1, 0.15) is 0 Å². The number of carbonyl (C=O) groups excluding carboxylic acids is 1. The Bertz CT molecular complexity index is 774. The van der Waals surface area contributed by atoms with Crippen molar-refractivity contribution in [3.63, 3.8) is 0 Å². The molecule has 4 aliphatic carbocycles. The van der Waals surface area contributed by atoms with E-state index in [4.69, 9.17) is 0 Å². The van der Waals surface area contributed by atoms with Crippen LogP contribution in [0.25, 0.3) is 0 Å². The molecule has 7 heteroatoms. The van der Waals surface area contributed by atoms with Crippen molar-refractivity contribution in [2.24, 2.45) is 35.5 Å². The maximum absolute atomic E-state index is 12.7. The largest absolute Gasteiger partial charge is 0.481 e. The molecule has 0 radical (unpaired) electrons. The first-order chi connectivity index (χ1) is 11.5. The average molecular weight is 328 g/mol. The smallest absolute Gasteiger partial charge is 0.307 e. The Kier molecular flexibility index (Phi) is 3.19. The van der Waals surface area contributed by atoms with Crippen molar-refractivity contribution in [1.29, 1.82) is 0 Å². The van der Waals surface area contributed by atoms with Gasteiger partial charge < -0.3 is 10.4 Å². The summed E-state index contributed by atoms with van der Waals surface area (Å²) in [6, 6.07) is 5.68. The van der Waals surface area contributed by atoms with Gasteiger partial charge in [-0.1, -0.05) is 18.2 Å². The molecule has 0 aliphatic heterocycles. The summed E-state index contributed by atoms with van der Waals surface area (Å²) in [4.78, 5) is 34.8. The maximum Gasteiger partial charge on any atom is 0.307 e. The number of carboxylic acid groups (broad SMARTS) is 1. The third-order valence-corrected chi connectivity index (χ3v) is 5.56. The molecule has 2 N–H and O–H groups in total. The fourth-order valence-electron chi connectivity index (χ4n) is 4.49. The lowest BCUT2D eigenvalue weighted by molar-refractivity contribution is -0.384. The number of carbonyl (C=O) groups is 2. The molecule has 1 amide bonds. The Balaban J connectivity index is 1.59. The Morgan fingerprint density at radius 2 is 1.83 bits per heavy atom. The van der Waals surface area contributed by atoms with E-state index in [1.807, 2.05) is 12.2 Å². The molecule has 2 bridgehead atoms. The van der Waals surface area contributed by atoms with E-state index in [9.17, 15) is 24.8 Å². The van der Waals surface area contributed by atoms with Crippen molar-refractivity contribution in [1.82, 2.24) is 0 Å². The number of nitro groups is 1. The minimum Gasteiger partial charge on any atom is -0.481 e. The average Bonchev–Trinajstić information content (AvgIpc) is 3.36. The maximum atomic E-state index is 12.7. The predicted molar refractivity (Wildman–Crippen MR) is 84.1 cm³/mol. The van der Waals surface area contributed by atoms with E-state index in [0.29, 0.717) is 17.5 Å². The standard InChI is InChI=1S/C17H16N2O5/c20-16(18-8-2-1-3-9(6-8)19(23)24)14-10-4-5-11(13-7-12(10)13)15(14)17(21)22/h1-6,10-15H,7H2,(H,18,20)(H,21,22)/t10-,11-,12-,13+,14-,15+/m0/s1. The van der Waals surface area contributed by atoms with Crippen LogP contribution in [0.15, 0.2) is 36.4 Å². The number of nitro benzene ring substituents is 1. The number of fused-ring (bicyclic) bond motifs is 1. The zero-order chi connectivity index (χ0) is 17.0. The number of rotatable bonds is 4. The first-order valence-corrected chi connectivity index (χ1v) is 7.94. The van der Waals surface area contributed by atoms with E-state index < -0.39 is 22.7 Å². The van der Waals surface area contributed by atoms with Crippen LogP contribution in [0.3, 0.4) is 0 Å². The van der Waals surface area contributed by atoms with Gasteiger partial charge in [0.05, 0.1) is 16.8 Å². The molecule has 5 rings (SSSR count). The van der Waals surface area contributed by atoms with Crippen molar-refractivity contribution in [3.05, 3.63) is 46.5 Å². The lowest BCUT2D eigenvalue weighted by atomic mass is 9.62. The predicted octanol–water partition coefficient (Wildman–Crippen LogP) is 2.30. The highest BCUT2D eigenvalue weighted by Gasteiger charge is 2.62. The fraction of sp³-hybridized carbons (Fsp3) is 0.412. The van der Waals surface area contributed by atoms with Crippen molar-refractivity contribution in [2.45, 2.75) is 6.42 Å². The molecule has 0 unspecified atom stereocenters. The number of nitrogens with one attached hydrogen (secondary N) is 1. The van der Waals surface area contributed by atoms with Gasteiger partial charge in [0.25, 0.3) is 5.69 Å². The number of allylic oxidation sites excluding steroid dienone is 2. The van der Waals surface area contributed by atoms with E-state index in [-0.39, 0.29) is 23.4 Å². The van der Waals surface area contributed by atoms with Crippen LogP contribution in [0.5, 0.6) is 0 Å². The number of non-ortho nitro benzene ring substituents is 1. The molecular weight excluding hydrogens is 312 g/mol. The number of nitrogens with zero attached hydrogens (tertiary/aromatic N) is 1. The monoisotopic (exact) mass is 328 g/mol. The summed E-state index contributed by atoms with van der Waals surface area (Å²) in [5.74, 6) is -2.01. The summed E-state index contributed by atoms with van der Waals surface area (Å²) in [7, 11) is 0. The number of benzene rings is 1. The van der Waals surface area contributed by atoms with E-state index in [1.165, 1.54) is 18.2 Å². The van der Waals surface area contributed by atoms with Gasteiger partial charge in [-0.3, -0.25) is 19.7 Å². The second-order valence-corrected chi connectivity index (χ2v) is 6.79. The highest BCUT2D eigenvalue weighted by atomic mass is 16.6. The van der Waals surface area contributed by atoms with Crippen LogP contribution in [0, 0.1) is 45.6 Å². The summed E-state index contributed by atoms with van der Waals surface area (Å²) in [6.07, 6.45) is 4.91. The lowest BCUT2D eigenvalue weighted by Crippen LogP contribution is -2.48. The topological polar surface area (TPSA) is 110 Å². The SMILES string of the molecule is O=C(O)[C@@H]1[C@H]2C=C[C@@H]([C@@H]3C[C@H]23)[C@@H]1C(=O)Nc1cccc([N+](=O)[O-])c1. The number of hydrogen-bond donors (Lipinski definition) is 2. The normalized spacial score (nSPS) is 35.2. The number of aliphatic carboxylic acids is 1. The van der Waals surface area contributed by atoms with Gasteiger partial charge in [-0.2, -0.15) is 0 Å². The number of carboxylic acids is 1. The third kappa shape index (κ3) is 2.19. The van der Waals surface area contributed by atoms with E-state index >= 15 is 0 Å². The molecule has 4 aliphatic rings. The summed E-state index contributed by atoms with van der Waals surface area (Å²) >= 11 is 0. The van der Waals surface area contributed by atoms with Gasteiger partial charge in [-0.25, -0.2) is 0 Å². The summed E-state index contributed by atoms with van der Waals surface area (Å²) in [6.45, 7) is 0. The van der Waals surface area contributed by atoms with Crippen LogP contribution < -0.4 is 5.32 Å². The first-order valence-electron chi connectivity index (χ1n) is 7.94. The summed E-state index contributed by atoms with van der Waals surface area (Å²) < 4.78 is 0.